The molecule has 1 aromatic carbocycles. The fourth-order valence-electron chi connectivity index (χ4n) is 3.81. The van der Waals surface area contributed by atoms with Crippen molar-refractivity contribution in [1.29, 1.82) is 0 Å². The number of halogens is 6. The summed E-state index contributed by atoms with van der Waals surface area (Å²) in [5.41, 5.74) is -1.53. The van der Waals surface area contributed by atoms with Crippen molar-refractivity contribution in [3.63, 3.8) is 0 Å². The first-order chi connectivity index (χ1) is 17.5. The second-order valence-corrected chi connectivity index (χ2v) is 8.31. The molecule has 0 unspecified atom stereocenters. The minimum Gasteiger partial charge on any atom is -0.361 e. The van der Waals surface area contributed by atoms with E-state index in [9.17, 15) is 26.3 Å². The summed E-state index contributed by atoms with van der Waals surface area (Å²) in [6.07, 6.45) is -1.79. The molecular weight excluding hydrogens is 500 g/mol. The molecule has 12 heteroatoms. The van der Waals surface area contributed by atoms with E-state index in [1.54, 1.807) is 20.2 Å². The number of alkyl halides is 6. The number of aryl methyl sites for hydroxylation is 1. The second-order valence-electron chi connectivity index (χ2n) is 8.31. The first kappa shape index (κ1) is 28.1. The Labute approximate surface area is 210 Å². The number of benzene rings is 1. The molecule has 0 saturated carbocycles. The molecule has 1 aromatic heterocycles. The van der Waals surface area contributed by atoms with Crippen molar-refractivity contribution in [3.8, 4) is 11.3 Å². The molecule has 4 rings (SSSR count). The van der Waals surface area contributed by atoms with E-state index >= 15 is 0 Å². The van der Waals surface area contributed by atoms with E-state index in [-0.39, 0.29) is 11.8 Å². The normalized spacial score (nSPS) is 17.6. The molecule has 0 bridgehead atoms. The van der Waals surface area contributed by atoms with E-state index in [2.05, 4.69) is 25.0 Å². The topological polar surface area (TPSA) is 66.3 Å². The fourth-order valence-corrected chi connectivity index (χ4v) is 3.81. The number of guanidine groups is 1. The van der Waals surface area contributed by atoms with Gasteiger partial charge < -0.3 is 9.42 Å². The highest BCUT2D eigenvalue weighted by Gasteiger charge is 2.38. The van der Waals surface area contributed by atoms with Crippen molar-refractivity contribution in [2.75, 3.05) is 20.1 Å². The number of rotatable bonds is 3. The van der Waals surface area contributed by atoms with Crippen LogP contribution in [0.15, 0.2) is 55.5 Å². The number of allylic oxidation sites excluding steroid dienone is 2. The maximum atomic E-state index is 13.0. The van der Waals surface area contributed by atoms with Gasteiger partial charge >= 0.3 is 12.4 Å². The van der Waals surface area contributed by atoms with Gasteiger partial charge in [-0.15, -0.1) is 0 Å². The standard InChI is InChI=1S/C13H9F6NO.C12H18N4/c1-2-8-6-11(20-21-8)9-4-3-7(12(14,15)16)5-10(9)13(17,18)19;1-3-10-11(9-13-2)15-12(14-10)16-7-5-4-6-8-16/h3-6H,2H2,1H3;3,9H,4-8H2,1-2H3/b;10-3+,13-9?. The first-order valence-corrected chi connectivity index (χ1v) is 11.7. The lowest BCUT2D eigenvalue weighted by Gasteiger charge is -2.26. The zero-order chi connectivity index (χ0) is 27.2. The SMILES string of the molecule is C/C=C1/N=C(N2CCCCC2)N=C1C=NC.CCc1cc(-c2ccc(C(F)(F)F)cc2C(F)(F)F)no1. The average Bonchev–Trinajstić information content (AvgIpc) is 3.51. The van der Waals surface area contributed by atoms with E-state index < -0.39 is 29.0 Å². The molecule has 2 aromatic rings. The number of nitrogens with zero attached hydrogens (tertiary/aromatic N) is 5. The van der Waals surface area contributed by atoms with Crippen LogP contribution in [0.25, 0.3) is 11.3 Å². The molecular formula is C25H27F6N5O. The number of aromatic nitrogens is 1. The van der Waals surface area contributed by atoms with Crippen LogP contribution in [0.4, 0.5) is 26.3 Å². The summed E-state index contributed by atoms with van der Waals surface area (Å²) in [6.45, 7) is 5.85. The molecule has 1 fully saturated rings. The quantitative estimate of drug-likeness (QED) is 0.325. The minimum atomic E-state index is -4.93. The third-order valence-corrected chi connectivity index (χ3v) is 5.70. The van der Waals surface area contributed by atoms with Gasteiger partial charge in [0.15, 0.2) is 0 Å². The average molecular weight is 528 g/mol. The number of likely N-dealkylation sites (tertiary alicyclic amines) is 1. The van der Waals surface area contributed by atoms with E-state index in [1.165, 1.54) is 25.3 Å². The lowest BCUT2D eigenvalue weighted by Crippen LogP contribution is -2.34. The van der Waals surface area contributed by atoms with Crippen molar-refractivity contribution >= 4 is 17.9 Å². The van der Waals surface area contributed by atoms with Crippen molar-refractivity contribution in [3.05, 3.63) is 52.9 Å². The smallest absolute Gasteiger partial charge is 0.361 e. The van der Waals surface area contributed by atoms with E-state index in [1.807, 2.05) is 13.0 Å². The summed E-state index contributed by atoms with van der Waals surface area (Å²) in [5.74, 6) is 1.21. The molecule has 3 heterocycles. The van der Waals surface area contributed by atoms with Gasteiger partial charge in [0.1, 0.15) is 17.2 Å². The Balaban J connectivity index is 0.000000213. The van der Waals surface area contributed by atoms with Gasteiger partial charge in [-0.25, -0.2) is 9.98 Å². The summed E-state index contributed by atoms with van der Waals surface area (Å²) in [7, 11) is 1.76. The Morgan fingerprint density at radius 1 is 1.00 bits per heavy atom. The highest BCUT2D eigenvalue weighted by molar-refractivity contribution is 6.41. The van der Waals surface area contributed by atoms with E-state index in [4.69, 9.17) is 4.52 Å². The van der Waals surface area contributed by atoms with E-state index in [0.717, 1.165) is 36.5 Å². The van der Waals surface area contributed by atoms with Crippen LogP contribution in [0.3, 0.4) is 0 Å². The molecule has 2 aliphatic rings. The summed E-state index contributed by atoms with van der Waals surface area (Å²) in [4.78, 5) is 15.3. The van der Waals surface area contributed by atoms with Gasteiger partial charge in [0.2, 0.25) is 5.96 Å². The van der Waals surface area contributed by atoms with Crippen LogP contribution in [-0.4, -0.2) is 48.1 Å². The molecule has 0 amide bonds. The maximum Gasteiger partial charge on any atom is 0.417 e. The molecule has 200 valence electrons. The highest BCUT2D eigenvalue weighted by atomic mass is 19.4. The third-order valence-electron chi connectivity index (χ3n) is 5.70. The summed E-state index contributed by atoms with van der Waals surface area (Å²) in [6, 6.07) is 2.70. The van der Waals surface area contributed by atoms with Gasteiger partial charge in [0, 0.05) is 44.4 Å². The Bertz CT molecular complexity index is 1200. The van der Waals surface area contributed by atoms with Crippen molar-refractivity contribution in [1.82, 2.24) is 10.1 Å². The van der Waals surface area contributed by atoms with Crippen molar-refractivity contribution < 1.29 is 30.9 Å². The van der Waals surface area contributed by atoms with Crippen LogP contribution in [0.5, 0.6) is 0 Å². The van der Waals surface area contributed by atoms with Gasteiger partial charge in [0.25, 0.3) is 0 Å². The minimum absolute atomic E-state index is 0.0790. The van der Waals surface area contributed by atoms with Crippen LogP contribution >= 0.6 is 0 Å². The number of hydrogen-bond acceptors (Lipinski definition) is 6. The highest BCUT2D eigenvalue weighted by Crippen LogP contribution is 2.40. The zero-order valence-corrected chi connectivity index (χ0v) is 20.6. The molecule has 1 saturated heterocycles. The van der Waals surface area contributed by atoms with Crippen LogP contribution in [0, 0.1) is 0 Å². The van der Waals surface area contributed by atoms with E-state index in [0.29, 0.717) is 18.2 Å². The molecule has 2 aliphatic heterocycles. The predicted octanol–water partition coefficient (Wildman–Crippen LogP) is 6.83. The monoisotopic (exact) mass is 527 g/mol. The summed E-state index contributed by atoms with van der Waals surface area (Å²) >= 11 is 0. The summed E-state index contributed by atoms with van der Waals surface area (Å²) in [5, 5.41) is 3.47. The Morgan fingerprint density at radius 2 is 1.70 bits per heavy atom. The van der Waals surface area contributed by atoms with Crippen LogP contribution in [0.1, 0.15) is 50.0 Å². The molecule has 0 atom stereocenters. The van der Waals surface area contributed by atoms with Gasteiger partial charge in [0.05, 0.1) is 16.8 Å². The van der Waals surface area contributed by atoms with Crippen LogP contribution in [0.2, 0.25) is 0 Å². The fraction of sp³-hybridized carbons (Fsp3) is 0.440. The maximum absolute atomic E-state index is 13.0. The molecule has 0 spiro atoms. The van der Waals surface area contributed by atoms with Gasteiger partial charge in [-0.1, -0.05) is 24.2 Å². The zero-order valence-electron chi connectivity index (χ0n) is 20.6. The van der Waals surface area contributed by atoms with Gasteiger partial charge in [-0.2, -0.15) is 26.3 Å². The van der Waals surface area contributed by atoms with Gasteiger partial charge in [-0.05, 0) is 38.3 Å². The lowest BCUT2D eigenvalue weighted by molar-refractivity contribution is -0.142. The Kier molecular flexibility index (Phi) is 8.93. The molecule has 37 heavy (non-hydrogen) atoms. The molecule has 6 nitrogen and oxygen atoms in total. The molecule has 0 radical (unpaired) electrons. The molecule has 0 aliphatic carbocycles. The number of hydrogen-bond donors (Lipinski definition) is 0. The largest absolute Gasteiger partial charge is 0.417 e. The third kappa shape index (κ3) is 7.07. The lowest BCUT2D eigenvalue weighted by atomic mass is 10.0. The molecule has 0 N–H and O–H groups in total. The van der Waals surface area contributed by atoms with Gasteiger partial charge in [-0.3, -0.25) is 4.99 Å². The second kappa shape index (κ2) is 11.7. The Hall–Kier alpha value is -3.44. The predicted molar refractivity (Wildman–Crippen MR) is 130 cm³/mol. The van der Waals surface area contributed by atoms with Crippen molar-refractivity contribution in [2.45, 2.75) is 51.9 Å². The summed E-state index contributed by atoms with van der Waals surface area (Å²) < 4.78 is 81.3. The number of aliphatic imine (C=N–C) groups is 3. The number of piperidine rings is 1. The van der Waals surface area contributed by atoms with Crippen LogP contribution in [-0.2, 0) is 18.8 Å². The Morgan fingerprint density at radius 3 is 2.24 bits per heavy atom. The van der Waals surface area contributed by atoms with Crippen LogP contribution < -0.4 is 0 Å². The van der Waals surface area contributed by atoms with Crippen molar-refractivity contribution in [2.24, 2.45) is 15.0 Å². The first-order valence-electron chi connectivity index (χ1n) is 11.7.